The fraction of sp³-hybridized carbons (Fsp3) is 0. The second kappa shape index (κ2) is 17.5. The first kappa shape index (κ1) is 44.6. The van der Waals surface area contributed by atoms with Crippen LogP contribution in [0.25, 0.3) is 159 Å². The number of fused-ring (bicyclic) bond motifs is 13. The van der Waals surface area contributed by atoms with Crippen LogP contribution in [0, 0.1) is 0 Å². The summed E-state index contributed by atoms with van der Waals surface area (Å²) in [4.78, 5) is 17.1. The van der Waals surface area contributed by atoms with Crippen molar-refractivity contribution in [1.82, 2.24) is 28.7 Å². The first-order valence-electron chi connectivity index (χ1n) is 27.1. The van der Waals surface area contributed by atoms with E-state index in [1.54, 1.807) is 0 Å². The zero-order valence-corrected chi connectivity index (χ0v) is 43.8. The third kappa shape index (κ3) is 6.74. The highest BCUT2D eigenvalue weighted by Crippen LogP contribution is 2.45. The molecule has 0 radical (unpaired) electrons. The number of benzene rings is 12. The van der Waals surface area contributed by atoms with Gasteiger partial charge in [0.15, 0.2) is 17.5 Å². The summed E-state index contributed by atoms with van der Waals surface area (Å²) in [7, 11) is 0. The molecule has 0 saturated heterocycles. The standard InChI is InChI=1S/C73H44N6S/c1-3-21-48(22-4-1)77-62-32-14-10-27-54(62)69-56(29-17-34-64(69)77)72-74-71(75-73(76-72)57-30-18-35-65-70(57)55-28-11-15-33-63(55)78(65)49-23-5-2-6-24-49)53-39-38-50(44-58(53)47-37-40-68-60(42-47)52-26-12-16-36-67(52)80-68)79-61-31-13-9-25-51(61)59-41-45-19-7-8-20-46(45)43-66(59)79/h1-44H. The van der Waals surface area contributed by atoms with Crippen molar-refractivity contribution in [3.05, 3.63) is 267 Å². The summed E-state index contributed by atoms with van der Waals surface area (Å²) in [6.07, 6.45) is 0. The molecule has 0 N–H and O–H groups in total. The molecule has 5 heterocycles. The molecule has 80 heavy (non-hydrogen) atoms. The average molecular weight is 1040 g/mol. The summed E-state index contributed by atoms with van der Waals surface area (Å²) in [5.74, 6) is 1.78. The SMILES string of the molecule is c1ccc(-n2c3ccccc3c3c(-c4nc(-c5ccc(-n6c7ccccc7c7cc8ccccc8cc76)cc5-c5ccc6sc7ccccc7c6c5)nc(-c5cccc6c5c5ccccc5n6-c5ccccc5)n4)cccc32)cc1. The van der Waals surface area contributed by atoms with Crippen molar-refractivity contribution in [1.29, 1.82) is 0 Å². The highest BCUT2D eigenvalue weighted by molar-refractivity contribution is 7.25. The van der Waals surface area contributed by atoms with E-state index in [0.717, 1.165) is 99.5 Å². The van der Waals surface area contributed by atoms with Crippen LogP contribution in [0.5, 0.6) is 0 Å². The maximum absolute atomic E-state index is 5.71. The first-order valence-corrected chi connectivity index (χ1v) is 27.9. The normalized spacial score (nSPS) is 12.0. The lowest BCUT2D eigenvalue weighted by molar-refractivity contribution is 1.08. The van der Waals surface area contributed by atoms with E-state index in [1.807, 2.05) is 11.3 Å². The smallest absolute Gasteiger partial charge is 0.164 e. The quantitative estimate of drug-likeness (QED) is 0.160. The van der Waals surface area contributed by atoms with Gasteiger partial charge in [-0.25, -0.2) is 15.0 Å². The predicted molar refractivity (Wildman–Crippen MR) is 335 cm³/mol. The third-order valence-electron chi connectivity index (χ3n) is 16.3. The average Bonchev–Trinajstić information content (AvgIpc) is 4.33. The van der Waals surface area contributed by atoms with Crippen molar-refractivity contribution in [2.45, 2.75) is 0 Å². The number of hydrogen-bond acceptors (Lipinski definition) is 4. The molecular weight excluding hydrogens is 993 g/mol. The molecule has 0 amide bonds. The number of nitrogens with zero attached hydrogens (tertiary/aromatic N) is 6. The fourth-order valence-electron chi connectivity index (χ4n) is 12.8. The summed E-state index contributed by atoms with van der Waals surface area (Å²) in [5.41, 5.74) is 14.8. The Balaban J connectivity index is 0.976. The van der Waals surface area contributed by atoms with E-state index >= 15 is 0 Å². The van der Waals surface area contributed by atoms with Gasteiger partial charge in [-0.05, 0) is 125 Å². The zero-order valence-electron chi connectivity index (χ0n) is 43.0. The van der Waals surface area contributed by atoms with Crippen LogP contribution >= 0.6 is 11.3 Å². The molecule has 7 heteroatoms. The van der Waals surface area contributed by atoms with Gasteiger partial charge < -0.3 is 13.7 Å². The van der Waals surface area contributed by atoms with Crippen LogP contribution in [0.1, 0.15) is 0 Å². The lowest BCUT2D eigenvalue weighted by Gasteiger charge is -2.16. The minimum absolute atomic E-state index is 0.586. The Morgan fingerprint density at radius 1 is 0.250 bits per heavy atom. The maximum atomic E-state index is 5.71. The summed E-state index contributed by atoms with van der Waals surface area (Å²) in [6.45, 7) is 0. The molecule has 17 aromatic rings. The van der Waals surface area contributed by atoms with Gasteiger partial charge in [-0.15, -0.1) is 11.3 Å². The summed E-state index contributed by atoms with van der Waals surface area (Å²) in [6, 6.07) is 96.3. The van der Waals surface area contributed by atoms with Crippen molar-refractivity contribution in [3.63, 3.8) is 0 Å². The molecule has 372 valence electrons. The molecule has 6 nitrogen and oxygen atoms in total. The molecule has 0 aliphatic heterocycles. The molecular formula is C73H44N6S. The van der Waals surface area contributed by atoms with Gasteiger partial charge in [0.2, 0.25) is 0 Å². The third-order valence-corrected chi connectivity index (χ3v) is 17.4. The Morgan fingerprint density at radius 3 is 1.35 bits per heavy atom. The Labute approximate surface area is 463 Å². The maximum Gasteiger partial charge on any atom is 0.164 e. The van der Waals surface area contributed by atoms with E-state index in [4.69, 9.17) is 15.0 Å². The highest BCUT2D eigenvalue weighted by Gasteiger charge is 2.25. The highest BCUT2D eigenvalue weighted by atomic mass is 32.1. The van der Waals surface area contributed by atoms with E-state index < -0.39 is 0 Å². The van der Waals surface area contributed by atoms with Crippen molar-refractivity contribution in [2.24, 2.45) is 0 Å². The van der Waals surface area contributed by atoms with Gasteiger partial charge in [-0.3, -0.25) is 0 Å². The van der Waals surface area contributed by atoms with E-state index in [-0.39, 0.29) is 0 Å². The molecule has 5 aromatic heterocycles. The van der Waals surface area contributed by atoms with Gasteiger partial charge in [0.05, 0.1) is 33.1 Å². The number of thiophene rings is 1. The summed E-state index contributed by atoms with van der Waals surface area (Å²) < 4.78 is 9.66. The lowest BCUT2D eigenvalue weighted by Crippen LogP contribution is -2.03. The van der Waals surface area contributed by atoms with Crippen LogP contribution in [0.15, 0.2) is 267 Å². The van der Waals surface area contributed by atoms with Crippen LogP contribution in [0.2, 0.25) is 0 Å². The van der Waals surface area contributed by atoms with E-state index in [2.05, 4.69) is 281 Å². The van der Waals surface area contributed by atoms with Crippen LogP contribution in [-0.2, 0) is 0 Å². The number of aromatic nitrogens is 6. The van der Waals surface area contributed by atoms with Gasteiger partial charge in [0, 0.05) is 86.2 Å². The van der Waals surface area contributed by atoms with Crippen LogP contribution in [0.3, 0.4) is 0 Å². The zero-order chi connectivity index (χ0) is 52.4. The van der Waals surface area contributed by atoms with Crippen LogP contribution < -0.4 is 0 Å². The molecule has 0 unspecified atom stereocenters. The van der Waals surface area contributed by atoms with Crippen molar-refractivity contribution in [2.75, 3.05) is 0 Å². The molecule has 0 bridgehead atoms. The largest absolute Gasteiger partial charge is 0.309 e. The van der Waals surface area contributed by atoms with E-state index in [9.17, 15) is 0 Å². The molecule has 0 fully saturated rings. The number of hydrogen-bond donors (Lipinski definition) is 0. The molecule has 17 rings (SSSR count). The van der Waals surface area contributed by atoms with Crippen molar-refractivity contribution in [3.8, 4) is 62.4 Å². The number of rotatable bonds is 7. The number of para-hydroxylation sites is 5. The minimum Gasteiger partial charge on any atom is -0.309 e. The lowest BCUT2D eigenvalue weighted by atomic mass is 9.96. The van der Waals surface area contributed by atoms with Gasteiger partial charge in [-0.1, -0.05) is 164 Å². The molecule has 0 saturated carbocycles. The molecule has 0 spiro atoms. The summed E-state index contributed by atoms with van der Waals surface area (Å²) in [5, 5.41) is 11.7. The second-order valence-electron chi connectivity index (χ2n) is 20.7. The van der Waals surface area contributed by atoms with Gasteiger partial charge >= 0.3 is 0 Å². The first-order chi connectivity index (χ1) is 39.7. The fourth-order valence-corrected chi connectivity index (χ4v) is 13.9. The van der Waals surface area contributed by atoms with E-state index in [1.165, 1.54) is 41.7 Å². The molecule has 0 atom stereocenters. The van der Waals surface area contributed by atoms with Crippen LogP contribution in [-0.4, -0.2) is 28.7 Å². The Morgan fingerprint density at radius 2 is 0.725 bits per heavy atom. The van der Waals surface area contributed by atoms with Crippen LogP contribution in [0.4, 0.5) is 0 Å². The molecule has 12 aromatic carbocycles. The Hall–Kier alpha value is -10.5. The Kier molecular flexibility index (Phi) is 9.78. The van der Waals surface area contributed by atoms with Crippen molar-refractivity contribution < 1.29 is 0 Å². The second-order valence-corrected chi connectivity index (χ2v) is 21.8. The van der Waals surface area contributed by atoms with Gasteiger partial charge in [0.1, 0.15) is 0 Å². The topological polar surface area (TPSA) is 53.5 Å². The Bertz CT molecular complexity index is 5200. The predicted octanol–water partition coefficient (Wildman–Crippen LogP) is 19.4. The van der Waals surface area contributed by atoms with Crippen molar-refractivity contribution >= 4 is 108 Å². The van der Waals surface area contributed by atoms with Gasteiger partial charge in [-0.2, -0.15) is 0 Å². The molecule has 0 aliphatic rings. The molecule has 0 aliphatic carbocycles. The van der Waals surface area contributed by atoms with E-state index in [0.29, 0.717) is 17.5 Å². The van der Waals surface area contributed by atoms with Gasteiger partial charge in [0.25, 0.3) is 0 Å². The summed E-state index contributed by atoms with van der Waals surface area (Å²) >= 11 is 1.83. The monoisotopic (exact) mass is 1040 g/mol. The minimum atomic E-state index is 0.586.